The summed E-state index contributed by atoms with van der Waals surface area (Å²) in [4.78, 5) is 4.42. The quantitative estimate of drug-likeness (QED) is 0.192. The van der Waals surface area contributed by atoms with Crippen molar-refractivity contribution in [2.45, 2.75) is 0 Å². The molecule has 0 fully saturated rings. The summed E-state index contributed by atoms with van der Waals surface area (Å²) in [5, 5.41) is 0. The van der Waals surface area contributed by atoms with E-state index >= 15 is 0 Å². The zero-order valence-corrected chi connectivity index (χ0v) is 22.6. The van der Waals surface area contributed by atoms with Crippen LogP contribution in [-0.2, 0) is 0 Å². The standard InChI is InChI=1S/C36H16N2O6/c1-5-19-29-21(7-1)41-27-15-13-17(35-33(27)37(29)31-23(39-19)9-3-11-25(31)43-35)18-14-16-28-34-36(18)44-26-12-4-10-24-32(26)38(34)30-20(40-24)6-2-8-22(30)42-28/h1-16H. The summed E-state index contributed by atoms with van der Waals surface area (Å²) < 4.78 is 39.0. The SMILES string of the molecule is c1cc2c3c(c1)Oc1ccc(-c4ccc5c6c4Oc4cccc7c4N6c4c(cccc4O5)O7)c4c1N3c1c(cccc1O4)O2. The van der Waals surface area contributed by atoms with Crippen LogP contribution >= 0.6 is 0 Å². The molecule has 0 spiro atoms. The normalized spacial score (nSPS) is 14.9. The number of ether oxygens (including phenoxy) is 6. The first-order chi connectivity index (χ1) is 21.8. The van der Waals surface area contributed by atoms with Gasteiger partial charge in [-0.15, -0.1) is 0 Å². The summed E-state index contributed by atoms with van der Waals surface area (Å²) in [5.74, 6) is 8.54. The molecular formula is C36H16N2O6. The van der Waals surface area contributed by atoms with Crippen molar-refractivity contribution in [3.8, 4) is 80.1 Å². The Kier molecular flexibility index (Phi) is 3.42. The Balaban J connectivity index is 1.13. The maximum atomic E-state index is 6.76. The number of hydrogen-bond acceptors (Lipinski definition) is 8. The summed E-state index contributed by atoms with van der Waals surface area (Å²) >= 11 is 0. The van der Waals surface area contributed by atoms with E-state index in [1.165, 1.54) is 0 Å². The summed E-state index contributed by atoms with van der Waals surface area (Å²) in [6, 6.07) is 31.6. The molecule has 0 unspecified atom stereocenters. The first kappa shape index (κ1) is 21.4. The molecule has 12 rings (SSSR count). The van der Waals surface area contributed by atoms with Gasteiger partial charge in [0.1, 0.15) is 34.1 Å². The molecule has 0 saturated heterocycles. The van der Waals surface area contributed by atoms with Gasteiger partial charge in [0.25, 0.3) is 0 Å². The van der Waals surface area contributed by atoms with Crippen LogP contribution in [0.15, 0.2) is 97.1 Å². The largest absolute Gasteiger partial charge is 0.453 e. The number of anilines is 6. The molecule has 206 valence electrons. The zero-order valence-electron chi connectivity index (χ0n) is 22.6. The smallest absolute Gasteiger partial charge is 0.163 e. The van der Waals surface area contributed by atoms with Crippen LogP contribution in [0.3, 0.4) is 0 Å². The molecule has 44 heavy (non-hydrogen) atoms. The number of hydrogen-bond donors (Lipinski definition) is 0. The molecule has 0 radical (unpaired) electrons. The molecule has 6 heterocycles. The maximum absolute atomic E-state index is 6.76. The fourth-order valence-electron chi connectivity index (χ4n) is 7.24. The van der Waals surface area contributed by atoms with Crippen molar-refractivity contribution in [1.82, 2.24) is 0 Å². The van der Waals surface area contributed by atoms with Gasteiger partial charge in [0.15, 0.2) is 69.0 Å². The highest BCUT2D eigenvalue weighted by atomic mass is 16.5. The number of para-hydroxylation sites is 4. The lowest BCUT2D eigenvalue weighted by molar-refractivity contribution is 0.415. The molecule has 0 N–H and O–H groups in total. The van der Waals surface area contributed by atoms with Crippen LogP contribution < -0.4 is 38.2 Å². The minimum Gasteiger partial charge on any atom is -0.453 e. The van der Waals surface area contributed by atoms with E-state index in [1.807, 2.05) is 97.1 Å². The van der Waals surface area contributed by atoms with Gasteiger partial charge in [-0.3, -0.25) is 9.80 Å². The summed E-state index contributed by atoms with van der Waals surface area (Å²) in [6.07, 6.45) is 0. The number of nitrogens with zero attached hydrogens (tertiary/aromatic N) is 2. The third kappa shape index (κ3) is 2.34. The second kappa shape index (κ2) is 7.02. The molecule has 0 aliphatic carbocycles. The Bertz CT molecular complexity index is 2150. The van der Waals surface area contributed by atoms with Gasteiger partial charge in [-0.05, 0) is 72.8 Å². The monoisotopic (exact) mass is 572 g/mol. The number of rotatable bonds is 1. The average Bonchev–Trinajstić information content (AvgIpc) is 3.05. The lowest BCUT2D eigenvalue weighted by atomic mass is 9.95. The Labute approximate surface area is 249 Å². The van der Waals surface area contributed by atoms with Crippen molar-refractivity contribution >= 4 is 34.1 Å². The fraction of sp³-hybridized carbons (Fsp3) is 0. The third-order valence-electron chi connectivity index (χ3n) is 8.97. The molecule has 0 amide bonds. The van der Waals surface area contributed by atoms with Crippen LogP contribution in [0.25, 0.3) is 11.1 Å². The van der Waals surface area contributed by atoms with E-state index in [1.54, 1.807) is 0 Å². The third-order valence-corrected chi connectivity index (χ3v) is 8.97. The van der Waals surface area contributed by atoms with Crippen molar-refractivity contribution in [3.63, 3.8) is 0 Å². The summed E-state index contributed by atoms with van der Waals surface area (Å²) in [6.45, 7) is 0. The minimum absolute atomic E-state index is 0.675. The number of benzene rings is 6. The second-order valence-corrected chi connectivity index (χ2v) is 11.3. The predicted octanol–water partition coefficient (Wildman–Crippen LogP) is 10.9. The van der Waals surface area contributed by atoms with Crippen LogP contribution in [0, 0.1) is 0 Å². The summed E-state index contributed by atoms with van der Waals surface area (Å²) in [7, 11) is 0. The Hall–Kier alpha value is -6.28. The van der Waals surface area contributed by atoms with Gasteiger partial charge in [-0.1, -0.05) is 24.3 Å². The first-order valence-corrected chi connectivity index (χ1v) is 14.3. The van der Waals surface area contributed by atoms with Crippen LogP contribution in [0.2, 0.25) is 0 Å². The van der Waals surface area contributed by atoms with E-state index in [9.17, 15) is 0 Å². The van der Waals surface area contributed by atoms with Crippen molar-refractivity contribution in [2.75, 3.05) is 9.80 Å². The molecule has 8 nitrogen and oxygen atoms in total. The van der Waals surface area contributed by atoms with Gasteiger partial charge in [0, 0.05) is 11.1 Å². The highest BCUT2D eigenvalue weighted by Crippen LogP contribution is 2.71. The maximum Gasteiger partial charge on any atom is 0.163 e. The van der Waals surface area contributed by atoms with Gasteiger partial charge in [0.05, 0.1) is 0 Å². The van der Waals surface area contributed by atoms with E-state index in [-0.39, 0.29) is 0 Å². The van der Waals surface area contributed by atoms with E-state index in [2.05, 4.69) is 9.80 Å². The van der Waals surface area contributed by atoms with E-state index < -0.39 is 0 Å². The molecular weight excluding hydrogens is 556 g/mol. The first-order valence-electron chi connectivity index (χ1n) is 14.3. The van der Waals surface area contributed by atoms with E-state index in [0.29, 0.717) is 34.5 Å². The summed E-state index contributed by atoms with van der Waals surface area (Å²) in [5.41, 5.74) is 6.80. The van der Waals surface area contributed by atoms with Gasteiger partial charge < -0.3 is 28.4 Å². The van der Waals surface area contributed by atoms with Crippen LogP contribution in [0.5, 0.6) is 69.0 Å². The lowest BCUT2D eigenvalue weighted by Crippen LogP contribution is -2.25. The van der Waals surface area contributed by atoms with Crippen molar-refractivity contribution in [2.24, 2.45) is 0 Å². The lowest BCUT2D eigenvalue weighted by Gasteiger charge is -2.43. The molecule has 0 saturated carbocycles. The molecule has 8 heteroatoms. The molecule has 6 aromatic rings. The Morgan fingerprint density at radius 2 is 0.545 bits per heavy atom. The van der Waals surface area contributed by atoms with Crippen molar-refractivity contribution in [1.29, 1.82) is 0 Å². The van der Waals surface area contributed by atoms with Gasteiger partial charge >= 0.3 is 0 Å². The van der Waals surface area contributed by atoms with Gasteiger partial charge in [0.2, 0.25) is 0 Å². The zero-order chi connectivity index (χ0) is 28.3. The van der Waals surface area contributed by atoms with Crippen LogP contribution in [-0.4, -0.2) is 0 Å². The van der Waals surface area contributed by atoms with Crippen LogP contribution in [0.4, 0.5) is 34.1 Å². The molecule has 6 aromatic carbocycles. The highest BCUT2D eigenvalue weighted by Gasteiger charge is 2.45. The molecule has 0 atom stereocenters. The van der Waals surface area contributed by atoms with Gasteiger partial charge in [-0.25, -0.2) is 0 Å². The molecule has 6 aliphatic heterocycles. The Morgan fingerprint density at radius 3 is 0.864 bits per heavy atom. The topological polar surface area (TPSA) is 61.9 Å². The van der Waals surface area contributed by atoms with E-state index in [0.717, 1.165) is 79.7 Å². The van der Waals surface area contributed by atoms with E-state index in [4.69, 9.17) is 28.4 Å². The minimum atomic E-state index is 0.675. The highest BCUT2D eigenvalue weighted by molar-refractivity contribution is 6.05. The van der Waals surface area contributed by atoms with Gasteiger partial charge in [-0.2, -0.15) is 0 Å². The molecule has 6 aliphatic rings. The fourth-order valence-corrected chi connectivity index (χ4v) is 7.24. The molecule has 0 bridgehead atoms. The van der Waals surface area contributed by atoms with Crippen molar-refractivity contribution in [3.05, 3.63) is 97.1 Å². The second-order valence-electron chi connectivity index (χ2n) is 11.3. The Morgan fingerprint density at radius 1 is 0.273 bits per heavy atom. The van der Waals surface area contributed by atoms with Crippen LogP contribution in [0.1, 0.15) is 0 Å². The predicted molar refractivity (Wildman–Crippen MR) is 162 cm³/mol. The molecule has 0 aromatic heterocycles. The van der Waals surface area contributed by atoms with Crippen molar-refractivity contribution < 1.29 is 28.4 Å². The average molecular weight is 573 g/mol.